The highest BCUT2D eigenvalue weighted by molar-refractivity contribution is 5.99. The van der Waals surface area contributed by atoms with Gasteiger partial charge in [0.1, 0.15) is 48.3 Å². The predicted molar refractivity (Wildman–Crippen MR) is 285 cm³/mol. The molecule has 0 aliphatic carbocycles. The van der Waals surface area contributed by atoms with Crippen molar-refractivity contribution < 1.29 is 52.7 Å². The van der Waals surface area contributed by atoms with Gasteiger partial charge in [0.25, 0.3) is 5.91 Å². The second kappa shape index (κ2) is 29.0. The van der Waals surface area contributed by atoms with Gasteiger partial charge in [0.2, 0.25) is 47.3 Å². The van der Waals surface area contributed by atoms with Gasteiger partial charge >= 0.3 is 5.97 Å². The van der Waals surface area contributed by atoms with E-state index >= 15 is 0 Å². The number of ether oxygens (including phenoxy) is 1. The monoisotopic (exact) mass is 1060 g/mol. The lowest BCUT2D eigenvalue weighted by molar-refractivity contribution is -0.168. The van der Waals surface area contributed by atoms with Gasteiger partial charge in [-0.1, -0.05) is 89.5 Å². The summed E-state index contributed by atoms with van der Waals surface area (Å²) in [6.45, 7) is 25.7. The van der Waals surface area contributed by atoms with E-state index in [1.165, 1.54) is 61.6 Å². The number of unbranched alkanes of at least 4 members (excludes halogenated alkanes) is 1. The molecule has 2 saturated heterocycles. The van der Waals surface area contributed by atoms with E-state index < -0.39 is 161 Å². The van der Waals surface area contributed by atoms with Crippen LogP contribution in [0.2, 0.25) is 0 Å². The quantitative estimate of drug-likeness (QED) is 0.141. The summed E-state index contributed by atoms with van der Waals surface area (Å²) >= 11 is 0. The largest absolute Gasteiger partial charge is 0.452 e. The zero-order chi connectivity index (χ0) is 57.7. The van der Waals surface area contributed by atoms with Gasteiger partial charge in [0, 0.05) is 47.2 Å². The number of amides is 9. The van der Waals surface area contributed by atoms with Gasteiger partial charge < -0.3 is 50.5 Å². The zero-order valence-corrected chi connectivity index (χ0v) is 48.6. The fourth-order valence-corrected chi connectivity index (χ4v) is 9.70. The lowest BCUT2D eigenvalue weighted by Gasteiger charge is -2.38. The zero-order valence-electron chi connectivity index (χ0n) is 48.6. The summed E-state index contributed by atoms with van der Waals surface area (Å²) in [5.74, 6) is -7.59. The van der Waals surface area contributed by atoms with E-state index in [0.717, 1.165) is 4.90 Å². The third kappa shape index (κ3) is 16.4. The number of carbonyl (C=O) groups excluding carboxylic acids is 10. The summed E-state index contributed by atoms with van der Waals surface area (Å²) in [5.41, 5.74) is 0. The van der Waals surface area contributed by atoms with Gasteiger partial charge in [-0.15, -0.1) is 12.3 Å². The molecule has 4 N–H and O–H groups in total. The fraction of sp³-hybridized carbons (Fsp3) is 0.782. The molecule has 0 aromatic rings. The minimum absolute atomic E-state index is 0.209. The molecule has 0 spiro atoms. The van der Waals surface area contributed by atoms with Crippen molar-refractivity contribution in [3.8, 4) is 12.3 Å². The van der Waals surface area contributed by atoms with Gasteiger partial charge in [0.15, 0.2) is 6.10 Å². The number of terminal acetylenes is 1. The van der Waals surface area contributed by atoms with E-state index in [0.29, 0.717) is 32.1 Å². The van der Waals surface area contributed by atoms with Gasteiger partial charge in [0.05, 0.1) is 5.92 Å². The third-order valence-electron chi connectivity index (χ3n) is 15.2. The van der Waals surface area contributed by atoms with Crippen LogP contribution >= 0.6 is 0 Å². The minimum Gasteiger partial charge on any atom is -0.452 e. The van der Waals surface area contributed by atoms with Crippen molar-refractivity contribution in [2.45, 2.75) is 203 Å². The van der Waals surface area contributed by atoms with E-state index in [-0.39, 0.29) is 13.0 Å². The highest BCUT2D eigenvalue weighted by Gasteiger charge is 2.45. The molecule has 0 bridgehead atoms. The number of nitrogens with one attached hydrogen (secondary N) is 4. The second-order valence-electron chi connectivity index (χ2n) is 22.6. The molecule has 0 unspecified atom stereocenters. The van der Waals surface area contributed by atoms with Crippen molar-refractivity contribution in [3.63, 3.8) is 0 Å². The molecule has 424 valence electrons. The molecule has 75 heavy (non-hydrogen) atoms. The molecule has 12 atom stereocenters. The van der Waals surface area contributed by atoms with Crippen LogP contribution in [0.4, 0.5) is 0 Å². The summed E-state index contributed by atoms with van der Waals surface area (Å²) < 4.78 is 5.94. The van der Waals surface area contributed by atoms with Crippen molar-refractivity contribution >= 4 is 59.1 Å². The number of hydrogen-bond donors (Lipinski definition) is 4. The predicted octanol–water partition coefficient (Wildman–Crippen LogP) is 2.96. The van der Waals surface area contributed by atoms with E-state index in [9.17, 15) is 47.9 Å². The standard InChI is InChI=1S/C55H93N9O11/c1-21-23-24-26-38-35(14)55(74)75-45(33(11)12)54(73)61(18)37(16)47(66)58-41(30(5)6)52(71)63(20)44(32(9)10)49(68)59-42(34(13)22-2)53(72)64-28-25-27-39(64)50(69)60(17)36(15)46(65)57-40(29(3)4)51(70)62(19)43(31(7)8)48(67)56-38/h1,29-45H,22-28H2,2-20H3,(H,56,67)(H,57,65)(H,58,66)(H,59,68)/t34-,35+,36-,37+,38-,39+,40+,41+,42+,43+,44+,45+/m1/s1. The average Bonchev–Trinajstić information content (AvgIpc) is 3.84. The van der Waals surface area contributed by atoms with Crippen LogP contribution in [-0.2, 0) is 52.7 Å². The average molecular weight is 1060 g/mol. The molecular formula is C55H93N9O11. The van der Waals surface area contributed by atoms with Crippen LogP contribution in [0.15, 0.2) is 0 Å². The summed E-state index contributed by atoms with van der Waals surface area (Å²) in [5, 5.41) is 11.5. The number of esters is 1. The highest BCUT2D eigenvalue weighted by atomic mass is 16.5. The van der Waals surface area contributed by atoms with Crippen LogP contribution in [0.25, 0.3) is 0 Å². The number of hydrogen-bond acceptors (Lipinski definition) is 11. The molecular weight excluding hydrogens is 963 g/mol. The molecule has 2 aliphatic rings. The maximum absolute atomic E-state index is 14.7. The molecule has 0 aromatic heterocycles. The number of cyclic esters (lactones) is 1. The number of rotatable bonds is 10. The molecule has 0 aromatic carbocycles. The first-order chi connectivity index (χ1) is 34.8. The summed E-state index contributed by atoms with van der Waals surface area (Å²) in [6, 6.07) is -9.76. The number of likely N-dealkylation sites (N-methyl/N-ethyl adjacent to an activating group) is 4. The van der Waals surface area contributed by atoms with E-state index in [1.807, 2.05) is 6.92 Å². The Morgan fingerprint density at radius 3 is 1.41 bits per heavy atom. The van der Waals surface area contributed by atoms with Crippen LogP contribution in [0.3, 0.4) is 0 Å². The molecule has 0 radical (unpaired) electrons. The topological polar surface area (TPSA) is 244 Å². The minimum atomic E-state index is -1.37. The normalized spacial score (nSPS) is 29.3. The van der Waals surface area contributed by atoms with Gasteiger partial charge in [-0.2, -0.15) is 0 Å². The first-order valence-corrected chi connectivity index (χ1v) is 27.0. The Balaban J connectivity index is 2.83. The summed E-state index contributed by atoms with van der Waals surface area (Å²) in [4.78, 5) is 150. The molecule has 2 aliphatic heterocycles. The SMILES string of the molecule is C#CCCC[C@H]1NC(=O)[C@H](C(C)C)N(C)C(=O)[C@H](C(C)C)NC(=O)[C@@H](C)N(C)C(=O)[C@@H]2CCCN2C(=O)[C@H]([C@H](C)CC)NC(=O)[C@H](C(C)C)N(C)C(=O)[C@H](C(C)C)NC(=O)[C@H](C)N(C)C(=O)[C@H](C(C)C)OC(=O)[C@H]1C. The van der Waals surface area contributed by atoms with Crippen molar-refractivity contribution in [2.24, 2.45) is 41.4 Å². The maximum atomic E-state index is 14.7. The van der Waals surface area contributed by atoms with E-state index in [2.05, 4.69) is 27.2 Å². The van der Waals surface area contributed by atoms with Crippen LogP contribution in [0, 0.1) is 53.8 Å². The van der Waals surface area contributed by atoms with E-state index in [4.69, 9.17) is 11.2 Å². The lowest BCUT2D eigenvalue weighted by Crippen LogP contribution is -2.62. The Labute approximate surface area is 447 Å². The van der Waals surface area contributed by atoms with Crippen LogP contribution in [0.1, 0.15) is 142 Å². The smallest absolute Gasteiger partial charge is 0.311 e. The number of fused-ring (bicyclic) bond motifs is 1. The second-order valence-corrected chi connectivity index (χ2v) is 22.6. The maximum Gasteiger partial charge on any atom is 0.311 e. The number of carbonyl (C=O) groups is 10. The molecule has 2 fully saturated rings. The van der Waals surface area contributed by atoms with Crippen LogP contribution in [-0.4, -0.2) is 179 Å². The van der Waals surface area contributed by atoms with Crippen molar-refractivity contribution in [3.05, 3.63) is 0 Å². The molecule has 2 heterocycles. The first kappa shape index (κ1) is 65.4. The third-order valence-corrected chi connectivity index (χ3v) is 15.2. The van der Waals surface area contributed by atoms with Gasteiger partial charge in [-0.3, -0.25) is 47.9 Å². The van der Waals surface area contributed by atoms with Gasteiger partial charge in [-0.25, -0.2) is 0 Å². The first-order valence-electron chi connectivity index (χ1n) is 27.0. The fourth-order valence-electron chi connectivity index (χ4n) is 9.70. The Morgan fingerprint density at radius 2 is 1.00 bits per heavy atom. The Morgan fingerprint density at radius 1 is 0.560 bits per heavy atom. The van der Waals surface area contributed by atoms with Crippen molar-refractivity contribution in [1.82, 2.24) is 45.8 Å². The molecule has 20 heteroatoms. The Hall–Kier alpha value is -5.74. The Kier molecular flexibility index (Phi) is 25.2. The molecule has 2 rings (SSSR count). The molecule has 0 saturated carbocycles. The highest BCUT2D eigenvalue weighted by Crippen LogP contribution is 2.26. The van der Waals surface area contributed by atoms with Crippen molar-refractivity contribution in [1.29, 1.82) is 0 Å². The van der Waals surface area contributed by atoms with Crippen molar-refractivity contribution in [2.75, 3.05) is 34.7 Å². The summed E-state index contributed by atoms with van der Waals surface area (Å²) in [6.07, 6.45) is 6.42. The number of nitrogens with zero attached hydrogens (tertiary/aromatic N) is 5. The van der Waals surface area contributed by atoms with E-state index in [1.54, 1.807) is 83.1 Å². The van der Waals surface area contributed by atoms with Gasteiger partial charge in [-0.05, 0) is 82.0 Å². The molecule has 20 nitrogen and oxygen atoms in total. The van der Waals surface area contributed by atoms with Crippen LogP contribution in [0.5, 0.6) is 0 Å². The van der Waals surface area contributed by atoms with Crippen LogP contribution < -0.4 is 21.3 Å². The molecule has 9 amide bonds. The summed E-state index contributed by atoms with van der Waals surface area (Å²) in [7, 11) is 5.75. The lowest BCUT2D eigenvalue weighted by atomic mass is 9.93. The Bertz CT molecular complexity index is 2090.